The minimum Gasteiger partial charge on any atom is -0.489 e. The second-order valence-corrected chi connectivity index (χ2v) is 18.0. The lowest BCUT2D eigenvalue weighted by atomic mass is 9.49. The molecule has 2 aromatic carbocycles. The van der Waals surface area contributed by atoms with Gasteiger partial charge in [-0.3, -0.25) is 39.1 Å². The van der Waals surface area contributed by atoms with Gasteiger partial charge in [0.05, 0.1) is 33.0 Å². The maximum absolute atomic E-state index is 15.4. The van der Waals surface area contributed by atoms with Crippen LogP contribution in [-0.2, 0) is 9.59 Å². The molecule has 4 fully saturated rings. The van der Waals surface area contributed by atoms with Crippen LogP contribution in [0.3, 0.4) is 0 Å². The molecule has 2 N–H and O–H groups in total. The molecule has 15 nitrogen and oxygen atoms in total. The molecule has 60 heavy (non-hydrogen) atoms. The van der Waals surface area contributed by atoms with E-state index in [4.69, 9.17) is 16.3 Å². The summed E-state index contributed by atoms with van der Waals surface area (Å²) in [5, 5.41) is 14.9. The fourth-order valence-corrected chi connectivity index (χ4v) is 10.2. The van der Waals surface area contributed by atoms with Crippen LogP contribution in [0.4, 0.5) is 16.0 Å². The molecular formula is C43H47ClFN9O6. The Labute approximate surface area is 352 Å². The summed E-state index contributed by atoms with van der Waals surface area (Å²) >= 11 is 6.24. The predicted octanol–water partition coefficient (Wildman–Crippen LogP) is 4.19. The van der Waals surface area contributed by atoms with Crippen LogP contribution in [-0.4, -0.2) is 113 Å². The van der Waals surface area contributed by atoms with E-state index in [-0.39, 0.29) is 47.7 Å². The normalized spacial score (nSPS) is 24.1. The number of carbonyl (C=O) groups is 5. The lowest BCUT2D eigenvalue weighted by Crippen LogP contribution is -2.74. The third-order valence-corrected chi connectivity index (χ3v) is 13.3. The molecule has 0 bridgehead atoms. The fraction of sp³-hybridized carbons (Fsp3) is 0.488. The number of benzene rings is 2. The highest BCUT2D eigenvalue weighted by atomic mass is 35.5. The van der Waals surface area contributed by atoms with Gasteiger partial charge in [0.1, 0.15) is 29.8 Å². The standard InChI is InChI=1S/C43H47ClFN9O6/c1-42(2)39(43(3,4)40(42)60-27-6-5-25(20-46)30(44)17-27)50-35(56)26-21-47-41(48-22-26)53-11-9-24(10-12-53)23-51-13-15-52(16-14-51)33-19-29-28(18-31(33)45)37(58)54(38(29)59)32-7-8-34(55)49-36(32)57/h5-6,17-19,21-22,24,32,39-40H,7-16,23H2,1-4H3,(H,50,56)(H,49,55,57). The minimum absolute atomic E-state index is 0.00958. The number of ether oxygens (including phenoxy) is 1. The zero-order valence-corrected chi connectivity index (χ0v) is 34.7. The average molecular weight is 840 g/mol. The van der Waals surface area contributed by atoms with Crippen LogP contribution in [0.5, 0.6) is 5.75 Å². The van der Waals surface area contributed by atoms with E-state index in [2.05, 4.69) is 64.2 Å². The van der Waals surface area contributed by atoms with Crippen molar-refractivity contribution in [3.05, 3.63) is 75.8 Å². The highest BCUT2D eigenvalue weighted by Gasteiger charge is 2.64. The van der Waals surface area contributed by atoms with E-state index in [0.717, 1.165) is 43.4 Å². The molecule has 5 aliphatic rings. The van der Waals surface area contributed by atoms with Gasteiger partial charge in [0.15, 0.2) is 0 Å². The van der Waals surface area contributed by atoms with Crippen LogP contribution in [0, 0.1) is 33.9 Å². The summed E-state index contributed by atoms with van der Waals surface area (Å²) in [6.07, 6.45) is 4.84. The van der Waals surface area contributed by atoms with Crippen molar-refractivity contribution in [1.29, 1.82) is 5.26 Å². The third-order valence-electron chi connectivity index (χ3n) is 13.0. The van der Waals surface area contributed by atoms with Crippen molar-refractivity contribution < 1.29 is 33.1 Å². The Morgan fingerprint density at radius 2 is 1.58 bits per heavy atom. The van der Waals surface area contributed by atoms with Crippen LogP contribution in [0.15, 0.2) is 42.7 Å². The maximum Gasteiger partial charge on any atom is 0.262 e. The number of aromatic nitrogens is 2. The molecule has 8 rings (SSSR count). The summed E-state index contributed by atoms with van der Waals surface area (Å²) in [7, 11) is 0. The number of piperazine rings is 1. The fourth-order valence-electron chi connectivity index (χ4n) is 9.99. The van der Waals surface area contributed by atoms with E-state index in [1.54, 1.807) is 30.6 Å². The zero-order valence-electron chi connectivity index (χ0n) is 34.0. The maximum atomic E-state index is 15.4. The van der Waals surface area contributed by atoms with Gasteiger partial charge in [-0.25, -0.2) is 14.4 Å². The molecule has 4 aliphatic heterocycles. The van der Waals surface area contributed by atoms with Gasteiger partial charge in [-0.2, -0.15) is 5.26 Å². The van der Waals surface area contributed by atoms with E-state index >= 15 is 4.39 Å². The Morgan fingerprint density at radius 1 is 0.933 bits per heavy atom. The third kappa shape index (κ3) is 7.42. The number of anilines is 2. The highest BCUT2D eigenvalue weighted by molar-refractivity contribution is 6.31. The Morgan fingerprint density at radius 3 is 2.20 bits per heavy atom. The van der Waals surface area contributed by atoms with Gasteiger partial charge in [0, 0.05) is 87.6 Å². The molecule has 0 spiro atoms. The summed E-state index contributed by atoms with van der Waals surface area (Å²) < 4.78 is 21.8. The molecule has 3 aromatic rings. The number of hydrogen-bond acceptors (Lipinski definition) is 12. The lowest BCUT2D eigenvalue weighted by molar-refractivity contribution is -0.164. The van der Waals surface area contributed by atoms with E-state index in [1.165, 1.54) is 6.07 Å². The first-order chi connectivity index (χ1) is 28.6. The summed E-state index contributed by atoms with van der Waals surface area (Å²) in [4.78, 5) is 80.3. The van der Waals surface area contributed by atoms with E-state index in [9.17, 15) is 29.2 Å². The molecule has 5 amide bonds. The molecule has 3 saturated heterocycles. The Hall–Kier alpha value is -5.66. The van der Waals surface area contributed by atoms with E-state index in [1.807, 2.05) is 4.90 Å². The van der Waals surface area contributed by atoms with Crippen molar-refractivity contribution in [2.24, 2.45) is 16.7 Å². The molecule has 5 heterocycles. The van der Waals surface area contributed by atoms with Gasteiger partial charge in [-0.1, -0.05) is 39.3 Å². The molecule has 1 atom stereocenters. The van der Waals surface area contributed by atoms with Gasteiger partial charge in [-0.15, -0.1) is 0 Å². The summed E-state index contributed by atoms with van der Waals surface area (Å²) in [6.45, 7) is 13.1. The predicted molar refractivity (Wildman–Crippen MR) is 218 cm³/mol. The topological polar surface area (TPSA) is 181 Å². The number of carbonyl (C=O) groups excluding carboxylic acids is 5. The Kier molecular flexibility index (Phi) is 10.8. The van der Waals surface area contributed by atoms with Gasteiger partial charge >= 0.3 is 0 Å². The molecular weight excluding hydrogens is 793 g/mol. The first-order valence-electron chi connectivity index (χ1n) is 20.3. The molecule has 1 saturated carbocycles. The van der Waals surface area contributed by atoms with Gasteiger partial charge < -0.3 is 19.9 Å². The molecule has 0 radical (unpaired) electrons. The van der Waals surface area contributed by atoms with Crippen molar-refractivity contribution in [2.45, 2.75) is 71.6 Å². The number of piperidine rings is 2. The second-order valence-electron chi connectivity index (χ2n) is 17.6. The smallest absolute Gasteiger partial charge is 0.262 e. The van der Waals surface area contributed by atoms with Crippen LogP contribution in [0.2, 0.25) is 5.02 Å². The number of amides is 5. The van der Waals surface area contributed by atoms with Crippen molar-refractivity contribution in [2.75, 3.05) is 55.6 Å². The molecule has 314 valence electrons. The molecule has 1 aromatic heterocycles. The molecule has 1 unspecified atom stereocenters. The lowest BCUT2D eigenvalue weighted by Gasteiger charge is -2.63. The summed E-state index contributed by atoms with van der Waals surface area (Å²) in [5.41, 5.74) is 0.168. The SMILES string of the molecule is CC1(C)C(NC(=O)c2cnc(N3CCC(CN4CCN(c5cc6c(cc5F)C(=O)N(C5CCC(=O)NC5=O)C6=O)CC4)CC3)nc2)C(C)(C)C1Oc1ccc(C#N)c(Cl)c1. The number of nitrogens with one attached hydrogen (secondary N) is 2. The van der Waals surface area contributed by atoms with Crippen LogP contribution in [0.25, 0.3) is 0 Å². The van der Waals surface area contributed by atoms with Crippen molar-refractivity contribution in [3.8, 4) is 11.8 Å². The Bertz CT molecular complexity index is 2280. The molecule has 17 heteroatoms. The number of nitrogens with zero attached hydrogens (tertiary/aromatic N) is 7. The van der Waals surface area contributed by atoms with Crippen molar-refractivity contribution in [3.63, 3.8) is 0 Å². The zero-order chi connectivity index (χ0) is 42.7. The number of hydrogen-bond donors (Lipinski definition) is 2. The Balaban J connectivity index is 0.800. The largest absolute Gasteiger partial charge is 0.489 e. The quantitative estimate of drug-likeness (QED) is 0.294. The van der Waals surface area contributed by atoms with Gasteiger partial charge in [0.25, 0.3) is 17.7 Å². The summed E-state index contributed by atoms with van der Waals surface area (Å²) in [6, 6.07) is 8.26. The monoisotopic (exact) mass is 839 g/mol. The highest BCUT2D eigenvalue weighted by Crippen LogP contribution is 2.55. The number of halogens is 2. The first kappa shape index (κ1) is 41.1. The van der Waals surface area contributed by atoms with Crippen LogP contribution >= 0.6 is 11.6 Å². The first-order valence-corrected chi connectivity index (χ1v) is 20.7. The molecule has 1 aliphatic carbocycles. The van der Waals surface area contributed by atoms with Gasteiger partial charge in [0.2, 0.25) is 17.8 Å². The number of fused-ring (bicyclic) bond motifs is 1. The summed E-state index contributed by atoms with van der Waals surface area (Å²) in [5.74, 6) is -1.82. The number of imide groups is 2. The number of nitriles is 1. The second kappa shape index (κ2) is 15.7. The van der Waals surface area contributed by atoms with E-state index in [0.29, 0.717) is 59.9 Å². The number of rotatable bonds is 9. The van der Waals surface area contributed by atoms with Crippen molar-refractivity contribution in [1.82, 2.24) is 30.4 Å². The van der Waals surface area contributed by atoms with E-state index < -0.39 is 46.3 Å². The van der Waals surface area contributed by atoms with Crippen LogP contribution < -0.4 is 25.2 Å². The van der Waals surface area contributed by atoms with Crippen LogP contribution in [0.1, 0.15) is 90.0 Å². The minimum atomic E-state index is -1.11. The van der Waals surface area contributed by atoms with Crippen molar-refractivity contribution >= 4 is 52.8 Å². The van der Waals surface area contributed by atoms with Gasteiger partial charge in [-0.05, 0) is 49.4 Å². The average Bonchev–Trinajstić information content (AvgIpc) is 3.46.